The molecule has 4 nitrogen and oxygen atoms in total. The van der Waals surface area contributed by atoms with E-state index in [1.54, 1.807) is 19.2 Å². The summed E-state index contributed by atoms with van der Waals surface area (Å²) >= 11 is 7.11. The number of rotatable bonds is 5. The fourth-order valence-corrected chi connectivity index (χ4v) is 2.15. The molecule has 0 heterocycles. The third-order valence-electron chi connectivity index (χ3n) is 2.40. The molecule has 0 aliphatic rings. The molecule has 0 aliphatic carbocycles. The number of carbonyl (C=O) groups is 2. The van der Waals surface area contributed by atoms with E-state index < -0.39 is 17.5 Å². The van der Waals surface area contributed by atoms with Gasteiger partial charge in [-0.1, -0.05) is 6.07 Å². The molecule has 1 aromatic rings. The lowest BCUT2D eigenvalue weighted by molar-refractivity contribution is -0.146. The van der Waals surface area contributed by atoms with Crippen LogP contribution in [0, 0.1) is 0 Å². The predicted octanol–water partition coefficient (Wildman–Crippen LogP) is 2.34. The molecule has 0 fully saturated rings. The Hall–Kier alpha value is -1.04. The Kier molecular flexibility index (Phi) is 5.19. The fraction of sp³-hybridized carbons (Fsp3) is 0.333. The normalized spacial score (nSPS) is 14.0. The van der Waals surface area contributed by atoms with Gasteiger partial charge in [0, 0.05) is 10.5 Å². The number of benzene rings is 1. The van der Waals surface area contributed by atoms with Gasteiger partial charge < -0.3 is 10.2 Å². The van der Waals surface area contributed by atoms with E-state index >= 15 is 0 Å². The summed E-state index contributed by atoms with van der Waals surface area (Å²) in [5.41, 5.74) is 0.503. The second-order valence-electron chi connectivity index (χ2n) is 3.68. The highest BCUT2D eigenvalue weighted by molar-refractivity contribution is 7.98. The lowest BCUT2D eigenvalue weighted by Crippen LogP contribution is -2.15. The third kappa shape index (κ3) is 3.25. The van der Waals surface area contributed by atoms with E-state index in [0.29, 0.717) is 10.5 Å². The molecule has 98 valence electrons. The maximum Gasteiger partial charge on any atom is 0.337 e. The van der Waals surface area contributed by atoms with Crippen molar-refractivity contribution in [3.05, 3.63) is 29.3 Å². The zero-order valence-corrected chi connectivity index (χ0v) is 11.5. The molecular weight excluding hydrogens is 276 g/mol. The van der Waals surface area contributed by atoms with Crippen LogP contribution in [-0.4, -0.2) is 33.6 Å². The molecule has 0 spiro atoms. The van der Waals surface area contributed by atoms with Crippen LogP contribution in [0.2, 0.25) is 0 Å². The number of carboxylic acid groups (broad SMARTS) is 1. The highest BCUT2D eigenvalue weighted by Crippen LogP contribution is 2.26. The molecule has 0 radical (unpaired) electrons. The Balaban J connectivity index is 3.25. The quantitative estimate of drug-likeness (QED) is 0.494. The van der Waals surface area contributed by atoms with E-state index in [4.69, 9.17) is 16.7 Å². The summed E-state index contributed by atoms with van der Waals surface area (Å²) in [6.45, 7) is 1.55. The highest BCUT2D eigenvalue weighted by atomic mass is 35.5. The number of carbonyl (C=O) groups excluding carboxylic acids is 1. The fourth-order valence-electron chi connectivity index (χ4n) is 1.45. The Labute approximate surface area is 114 Å². The van der Waals surface area contributed by atoms with E-state index in [-0.39, 0.29) is 11.3 Å². The van der Waals surface area contributed by atoms with Crippen LogP contribution < -0.4 is 0 Å². The van der Waals surface area contributed by atoms with Gasteiger partial charge in [-0.2, -0.15) is 0 Å². The largest absolute Gasteiger partial charge is 0.479 e. The molecule has 1 aromatic carbocycles. The van der Waals surface area contributed by atoms with Gasteiger partial charge in [-0.05, 0) is 30.9 Å². The summed E-state index contributed by atoms with van der Waals surface area (Å²) in [5, 5.41) is 17.5. The van der Waals surface area contributed by atoms with Gasteiger partial charge in [0.25, 0.3) is 0 Å². The van der Waals surface area contributed by atoms with E-state index in [0.717, 1.165) is 0 Å². The Morgan fingerprint density at radius 1 is 1.39 bits per heavy atom. The van der Waals surface area contributed by atoms with Crippen LogP contribution in [0.25, 0.3) is 0 Å². The molecule has 2 atom stereocenters. The first-order chi connectivity index (χ1) is 8.38. The number of ketones is 1. The van der Waals surface area contributed by atoms with Crippen molar-refractivity contribution in [1.82, 2.24) is 0 Å². The van der Waals surface area contributed by atoms with Gasteiger partial charge in [-0.15, -0.1) is 23.4 Å². The first-order valence-corrected chi connectivity index (χ1v) is 6.81. The molecule has 0 saturated heterocycles. The molecule has 0 amide bonds. The number of hydrogen-bond acceptors (Lipinski definition) is 4. The molecule has 0 aromatic heterocycles. The van der Waals surface area contributed by atoms with Crippen LogP contribution in [0.1, 0.15) is 28.9 Å². The van der Waals surface area contributed by atoms with Crippen molar-refractivity contribution in [1.29, 1.82) is 0 Å². The number of halogens is 1. The molecule has 0 bridgehead atoms. The number of aliphatic carboxylic acids is 1. The molecule has 1 rings (SSSR count). The van der Waals surface area contributed by atoms with Crippen molar-refractivity contribution in [2.45, 2.75) is 23.3 Å². The number of aliphatic hydroxyl groups is 1. The lowest BCUT2D eigenvalue weighted by atomic mass is 10.0. The number of Topliss-reactive ketones (excluding diaryl/α,β-unsaturated/α-hetero) is 1. The van der Waals surface area contributed by atoms with Crippen LogP contribution in [0.5, 0.6) is 0 Å². The maximum absolute atomic E-state index is 11.9. The van der Waals surface area contributed by atoms with Crippen molar-refractivity contribution in [2.75, 3.05) is 6.26 Å². The minimum absolute atomic E-state index is 0.168. The van der Waals surface area contributed by atoms with Gasteiger partial charge in [-0.3, -0.25) is 4.79 Å². The van der Waals surface area contributed by atoms with E-state index in [2.05, 4.69) is 0 Å². The second kappa shape index (κ2) is 6.22. The molecule has 6 heteroatoms. The Morgan fingerprint density at radius 2 is 2.00 bits per heavy atom. The summed E-state index contributed by atoms with van der Waals surface area (Å²) in [7, 11) is 0. The van der Waals surface area contributed by atoms with E-state index in [1.807, 2.05) is 0 Å². The summed E-state index contributed by atoms with van der Waals surface area (Å²) in [6, 6.07) is 4.48. The van der Waals surface area contributed by atoms with E-state index in [1.165, 1.54) is 23.9 Å². The number of thioether (sulfide) groups is 1. The molecule has 0 aliphatic heterocycles. The lowest BCUT2D eigenvalue weighted by Gasteiger charge is -2.12. The van der Waals surface area contributed by atoms with Crippen molar-refractivity contribution in [3.8, 4) is 0 Å². The summed E-state index contributed by atoms with van der Waals surface area (Å²) in [5.74, 6) is -1.65. The van der Waals surface area contributed by atoms with Crippen LogP contribution >= 0.6 is 23.4 Å². The first-order valence-electron chi connectivity index (χ1n) is 5.15. The van der Waals surface area contributed by atoms with Gasteiger partial charge in [0.05, 0.1) is 5.38 Å². The third-order valence-corrected chi connectivity index (χ3v) is 3.39. The smallest absolute Gasteiger partial charge is 0.337 e. The molecular formula is C12H13ClO4S. The number of carboxylic acids is 1. The summed E-state index contributed by atoms with van der Waals surface area (Å²) in [4.78, 5) is 23.3. The van der Waals surface area contributed by atoms with Gasteiger partial charge in [-0.25, -0.2) is 4.79 Å². The Bertz CT molecular complexity index is 473. The van der Waals surface area contributed by atoms with Crippen molar-refractivity contribution < 1.29 is 19.8 Å². The molecule has 0 saturated carbocycles. The molecule has 18 heavy (non-hydrogen) atoms. The van der Waals surface area contributed by atoms with Crippen molar-refractivity contribution >= 4 is 35.1 Å². The standard InChI is InChI=1S/C12H13ClO4S/c1-6(13)10(14)8-5-7(11(15)12(16)17)3-4-9(8)18-2/h3-6,11,15H,1-2H3,(H,16,17). The van der Waals surface area contributed by atoms with Crippen LogP contribution in [0.4, 0.5) is 0 Å². The minimum atomic E-state index is -1.64. The average Bonchev–Trinajstić information content (AvgIpc) is 2.35. The topological polar surface area (TPSA) is 74.6 Å². The maximum atomic E-state index is 11.9. The zero-order valence-electron chi connectivity index (χ0n) is 9.88. The minimum Gasteiger partial charge on any atom is -0.479 e. The Morgan fingerprint density at radius 3 is 2.44 bits per heavy atom. The molecule has 2 unspecified atom stereocenters. The van der Waals surface area contributed by atoms with Crippen LogP contribution in [-0.2, 0) is 4.79 Å². The number of alkyl halides is 1. The number of hydrogen-bond donors (Lipinski definition) is 2. The van der Waals surface area contributed by atoms with Gasteiger partial charge in [0.2, 0.25) is 0 Å². The van der Waals surface area contributed by atoms with Crippen molar-refractivity contribution in [3.63, 3.8) is 0 Å². The van der Waals surface area contributed by atoms with E-state index in [9.17, 15) is 14.7 Å². The second-order valence-corrected chi connectivity index (χ2v) is 5.18. The highest BCUT2D eigenvalue weighted by Gasteiger charge is 2.21. The SMILES string of the molecule is CSc1ccc(C(O)C(=O)O)cc1C(=O)C(C)Cl. The summed E-state index contributed by atoms with van der Waals surface area (Å²) < 4.78 is 0. The van der Waals surface area contributed by atoms with Crippen LogP contribution in [0.3, 0.4) is 0 Å². The van der Waals surface area contributed by atoms with Gasteiger partial charge >= 0.3 is 5.97 Å². The average molecular weight is 289 g/mol. The summed E-state index contributed by atoms with van der Waals surface area (Å²) in [6.07, 6.45) is 0.163. The molecule has 2 N–H and O–H groups in total. The van der Waals surface area contributed by atoms with Crippen molar-refractivity contribution in [2.24, 2.45) is 0 Å². The van der Waals surface area contributed by atoms with Crippen LogP contribution in [0.15, 0.2) is 23.1 Å². The number of aliphatic hydroxyl groups excluding tert-OH is 1. The van der Waals surface area contributed by atoms with Gasteiger partial charge in [0.1, 0.15) is 0 Å². The first kappa shape index (κ1) is 15.0. The monoisotopic (exact) mass is 288 g/mol. The van der Waals surface area contributed by atoms with Gasteiger partial charge in [0.15, 0.2) is 11.9 Å². The predicted molar refractivity (Wildman–Crippen MR) is 70.5 cm³/mol. The zero-order chi connectivity index (χ0) is 13.9.